The summed E-state index contributed by atoms with van der Waals surface area (Å²) in [7, 11) is 0. The monoisotopic (exact) mass is 675 g/mol. The van der Waals surface area contributed by atoms with E-state index in [1.165, 1.54) is 0 Å². The number of nitrogens with two attached hydrogens (primary N) is 1. The van der Waals surface area contributed by atoms with Gasteiger partial charge in [-0.1, -0.05) is 12.1 Å². The Balaban J connectivity index is 1.10. The summed E-state index contributed by atoms with van der Waals surface area (Å²) in [5, 5.41) is 15.2. The number of nitriles is 1. The first-order chi connectivity index (χ1) is 24.3. The molecular formula is C38H42FN9O2. The van der Waals surface area contributed by atoms with Gasteiger partial charge in [-0.2, -0.15) is 20.3 Å². The van der Waals surface area contributed by atoms with Gasteiger partial charge in [-0.25, -0.2) is 4.39 Å². The SMILES string of the molecule is Cc1ccc(-c2cc3n(n2)CCCN(c2nc(OC[C@@]45CCCN4C[C@H](F)C5)nc4c2CO[C@@]2(CCCc5ccc(N)c(C#N)c52)C4)C3)nc1. The van der Waals surface area contributed by atoms with Gasteiger partial charge in [-0.15, -0.1) is 0 Å². The van der Waals surface area contributed by atoms with Gasteiger partial charge in [0.1, 0.15) is 36.0 Å². The molecule has 0 bridgehead atoms. The molecule has 0 amide bonds. The number of ether oxygens (including phenoxy) is 2. The highest BCUT2D eigenvalue weighted by atomic mass is 19.1. The molecule has 3 aromatic heterocycles. The lowest BCUT2D eigenvalue weighted by atomic mass is 9.72. The number of nitrogens with zero attached hydrogens (tertiary/aromatic N) is 8. The quantitative estimate of drug-likeness (QED) is 0.283. The molecule has 5 aliphatic rings. The smallest absolute Gasteiger partial charge is 0.318 e. The summed E-state index contributed by atoms with van der Waals surface area (Å²) in [5.74, 6) is 0.796. The molecule has 7 heterocycles. The Morgan fingerprint density at radius 2 is 2.02 bits per heavy atom. The number of rotatable bonds is 5. The molecule has 0 saturated carbocycles. The maximum atomic E-state index is 14.7. The second-order valence-corrected chi connectivity index (χ2v) is 14.8. The number of nitrogen functional groups attached to an aromatic ring is 1. The molecule has 2 N–H and O–H groups in total. The molecule has 0 unspecified atom stereocenters. The summed E-state index contributed by atoms with van der Waals surface area (Å²) in [5.41, 5.74) is 14.0. The lowest BCUT2D eigenvalue weighted by Crippen LogP contribution is -2.44. The summed E-state index contributed by atoms with van der Waals surface area (Å²) < 4.78 is 30.1. The third kappa shape index (κ3) is 5.21. The molecule has 11 nitrogen and oxygen atoms in total. The van der Waals surface area contributed by atoms with Crippen molar-refractivity contribution in [1.29, 1.82) is 5.26 Å². The number of pyridine rings is 1. The van der Waals surface area contributed by atoms with E-state index in [1.54, 1.807) is 0 Å². The van der Waals surface area contributed by atoms with Gasteiger partial charge in [-0.05, 0) is 81.3 Å². The van der Waals surface area contributed by atoms with Crippen LogP contribution in [0.2, 0.25) is 0 Å². The normalized spacial score (nSPS) is 25.8. The number of hydrogen-bond donors (Lipinski definition) is 1. The Kier molecular flexibility index (Phi) is 7.55. The third-order valence-electron chi connectivity index (χ3n) is 11.6. The molecule has 2 fully saturated rings. The second-order valence-electron chi connectivity index (χ2n) is 14.8. The molecule has 258 valence electrons. The molecule has 9 rings (SSSR count). The molecule has 12 heteroatoms. The predicted molar refractivity (Wildman–Crippen MR) is 185 cm³/mol. The number of fused-ring (bicyclic) bond motifs is 5. The van der Waals surface area contributed by atoms with Crippen LogP contribution >= 0.6 is 0 Å². The fourth-order valence-corrected chi connectivity index (χ4v) is 9.20. The standard InChI is InChI=1S/C38H42FN9O2/c1-24-6-9-31(42-19-24)32-15-27-21-46(12-4-14-48(27)45-32)35-29-22-50-38(11-2-5-25-7-8-30(41)28(18-40)34(25)38)17-33(29)43-36(44-35)49-23-37-10-3-13-47(37)20-26(39)16-37/h6-9,15,19,26H,2-5,10-14,16-17,20-23,41H2,1H3/t26-,37+,38+/m1/s1. The summed E-state index contributed by atoms with van der Waals surface area (Å²) >= 11 is 0. The molecule has 1 spiro atoms. The van der Waals surface area contributed by atoms with Gasteiger partial charge in [-0.3, -0.25) is 14.6 Å². The van der Waals surface area contributed by atoms with Crippen molar-refractivity contribution < 1.29 is 13.9 Å². The van der Waals surface area contributed by atoms with Crippen LogP contribution in [0.25, 0.3) is 11.4 Å². The third-order valence-corrected chi connectivity index (χ3v) is 11.6. The van der Waals surface area contributed by atoms with Crippen LogP contribution in [0.1, 0.15) is 77.7 Å². The minimum atomic E-state index is -0.842. The zero-order valence-corrected chi connectivity index (χ0v) is 28.5. The van der Waals surface area contributed by atoms with Gasteiger partial charge < -0.3 is 20.1 Å². The van der Waals surface area contributed by atoms with Crippen LogP contribution in [0.4, 0.5) is 15.9 Å². The fraction of sp³-hybridized carbons (Fsp3) is 0.500. The lowest BCUT2D eigenvalue weighted by molar-refractivity contribution is -0.0857. The summed E-state index contributed by atoms with van der Waals surface area (Å²) in [6.07, 6.45) is 7.40. The van der Waals surface area contributed by atoms with Crippen LogP contribution in [0.5, 0.6) is 6.01 Å². The molecule has 3 atom stereocenters. The Bertz CT molecular complexity index is 2010. The van der Waals surface area contributed by atoms with Crippen LogP contribution in [-0.4, -0.2) is 67.6 Å². The van der Waals surface area contributed by atoms with Gasteiger partial charge in [0.2, 0.25) is 0 Å². The maximum absolute atomic E-state index is 14.7. The zero-order chi connectivity index (χ0) is 34.0. The highest BCUT2D eigenvalue weighted by molar-refractivity contribution is 5.64. The Labute approximate surface area is 291 Å². The topological polar surface area (TPSA) is 131 Å². The van der Waals surface area contributed by atoms with Crippen molar-refractivity contribution in [3.63, 3.8) is 0 Å². The first kappa shape index (κ1) is 31.4. The van der Waals surface area contributed by atoms with E-state index in [2.05, 4.69) is 37.7 Å². The first-order valence-corrected chi connectivity index (χ1v) is 18.0. The molecular weight excluding hydrogens is 633 g/mol. The van der Waals surface area contributed by atoms with Crippen LogP contribution in [0, 0.1) is 18.3 Å². The fourth-order valence-electron chi connectivity index (χ4n) is 9.20. The average Bonchev–Trinajstić information content (AvgIpc) is 3.74. The Morgan fingerprint density at radius 1 is 1.10 bits per heavy atom. The van der Waals surface area contributed by atoms with Crippen molar-refractivity contribution >= 4 is 11.5 Å². The van der Waals surface area contributed by atoms with Gasteiger partial charge in [0, 0.05) is 55.5 Å². The van der Waals surface area contributed by atoms with E-state index >= 15 is 0 Å². The van der Waals surface area contributed by atoms with E-state index in [1.807, 2.05) is 31.3 Å². The van der Waals surface area contributed by atoms with E-state index in [4.69, 9.17) is 30.3 Å². The lowest BCUT2D eigenvalue weighted by Gasteiger charge is -2.43. The maximum Gasteiger partial charge on any atom is 0.318 e. The van der Waals surface area contributed by atoms with Crippen LogP contribution in [-0.2, 0) is 42.9 Å². The van der Waals surface area contributed by atoms with Gasteiger partial charge in [0.05, 0.1) is 41.3 Å². The van der Waals surface area contributed by atoms with E-state index in [0.717, 1.165) is 109 Å². The van der Waals surface area contributed by atoms with Crippen LogP contribution in [0.15, 0.2) is 36.5 Å². The highest BCUT2D eigenvalue weighted by Crippen LogP contribution is 2.48. The molecule has 4 aliphatic heterocycles. The van der Waals surface area contributed by atoms with Crippen molar-refractivity contribution in [3.8, 4) is 23.5 Å². The number of hydrogen-bond acceptors (Lipinski definition) is 10. The van der Waals surface area contributed by atoms with Crippen molar-refractivity contribution in [2.45, 2.75) is 95.3 Å². The molecule has 50 heavy (non-hydrogen) atoms. The highest BCUT2D eigenvalue weighted by Gasteiger charge is 2.50. The van der Waals surface area contributed by atoms with Crippen molar-refractivity contribution in [1.82, 2.24) is 29.6 Å². The molecule has 1 aromatic carbocycles. The minimum Gasteiger partial charge on any atom is -0.461 e. The molecule has 4 aromatic rings. The van der Waals surface area contributed by atoms with Crippen molar-refractivity contribution in [2.24, 2.45) is 0 Å². The number of benzene rings is 1. The largest absolute Gasteiger partial charge is 0.461 e. The number of anilines is 2. The average molecular weight is 676 g/mol. The van der Waals surface area contributed by atoms with Crippen molar-refractivity contribution in [2.75, 3.05) is 36.9 Å². The van der Waals surface area contributed by atoms with Gasteiger partial charge in [0.25, 0.3) is 0 Å². The Morgan fingerprint density at radius 3 is 2.88 bits per heavy atom. The van der Waals surface area contributed by atoms with Crippen LogP contribution in [0.3, 0.4) is 0 Å². The molecule has 0 radical (unpaired) electrons. The van der Waals surface area contributed by atoms with E-state index in [0.29, 0.717) is 56.4 Å². The summed E-state index contributed by atoms with van der Waals surface area (Å²) in [6.45, 7) is 6.20. The number of aromatic nitrogens is 5. The Hall–Kier alpha value is -4.60. The molecule has 1 aliphatic carbocycles. The predicted octanol–water partition coefficient (Wildman–Crippen LogP) is 5.17. The number of halogens is 1. The second kappa shape index (κ2) is 12.0. The van der Waals surface area contributed by atoms with E-state index < -0.39 is 11.8 Å². The van der Waals surface area contributed by atoms with Gasteiger partial charge in [0.15, 0.2) is 0 Å². The van der Waals surface area contributed by atoms with Gasteiger partial charge >= 0.3 is 6.01 Å². The van der Waals surface area contributed by atoms with Crippen molar-refractivity contribution in [3.05, 3.63) is 75.7 Å². The summed E-state index contributed by atoms with van der Waals surface area (Å²) in [4.78, 5) is 19.4. The summed E-state index contributed by atoms with van der Waals surface area (Å²) in [6, 6.07) is 12.8. The zero-order valence-electron chi connectivity index (χ0n) is 28.5. The van der Waals surface area contributed by atoms with E-state index in [9.17, 15) is 9.65 Å². The number of alkyl halides is 1. The van der Waals surface area contributed by atoms with E-state index in [-0.39, 0.29) is 5.54 Å². The minimum absolute atomic E-state index is 0.305. The number of aryl methyl sites for hydroxylation is 3. The molecule has 2 saturated heterocycles. The van der Waals surface area contributed by atoms with Crippen LogP contribution < -0.4 is 15.4 Å². The first-order valence-electron chi connectivity index (χ1n) is 18.0.